The summed E-state index contributed by atoms with van der Waals surface area (Å²) in [6.07, 6.45) is 0.657. The lowest BCUT2D eigenvalue weighted by Gasteiger charge is -2.25. The van der Waals surface area contributed by atoms with Crippen LogP contribution >= 0.6 is 0 Å². The normalized spacial score (nSPS) is 18.4. The van der Waals surface area contributed by atoms with Gasteiger partial charge in [-0.15, -0.1) is 0 Å². The van der Waals surface area contributed by atoms with Crippen LogP contribution in [0.5, 0.6) is 0 Å². The van der Waals surface area contributed by atoms with Gasteiger partial charge in [-0.25, -0.2) is 4.79 Å². The van der Waals surface area contributed by atoms with Crippen molar-refractivity contribution in [2.75, 3.05) is 39.9 Å². The van der Waals surface area contributed by atoms with Gasteiger partial charge in [-0.3, -0.25) is 4.99 Å². The van der Waals surface area contributed by atoms with Gasteiger partial charge in [0, 0.05) is 32.7 Å². The molecule has 0 bridgehead atoms. The highest BCUT2D eigenvalue weighted by molar-refractivity contribution is 5.80. The molecule has 1 aromatic carbocycles. The average molecular weight is 405 g/mol. The maximum absolute atomic E-state index is 12.4. The van der Waals surface area contributed by atoms with Gasteiger partial charge in [0.1, 0.15) is 5.60 Å². The minimum Gasteiger partial charge on any atom is -0.444 e. The summed E-state index contributed by atoms with van der Waals surface area (Å²) in [6.45, 7) is 11.5. The largest absolute Gasteiger partial charge is 0.444 e. The number of rotatable bonds is 7. The second-order valence-corrected chi connectivity index (χ2v) is 8.36. The molecule has 29 heavy (non-hydrogen) atoms. The van der Waals surface area contributed by atoms with Crippen molar-refractivity contribution in [3.05, 3.63) is 35.9 Å². The number of carbonyl (C=O) groups is 1. The fourth-order valence-corrected chi connectivity index (χ4v) is 3.37. The predicted octanol–water partition coefficient (Wildman–Crippen LogP) is 3.19. The Labute approximate surface area is 174 Å². The maximum Gasteiger partial charge on any atom is 0.408 e. The van der Waals surface area contributed by atoms with Crippen molar-refractivity contribution in [2.24, 2.45) is 10.9 Å². The Morgan fingerprint density at radius 3 is 2.66 bits per heavy atom. The van der Waals surface area contributed by atoms with E-state index in [2.05, 4.69) is 22.5 Å². The Morgan fingerprint density at radius 1 is 1.31 bits per heavy atom. The molecule has 0 saturated carbocycles. The number of alkyl carbamates (subject to hydrolysis) is 1. The third kappa shape index (κ3) is 7.93. The standard InChI is InChI=1S/C22H36N4O3/c1-6-23-20(26-13-12-17(15-26)16-28-5)24-14-19(18-10-8-7-9-11-18)25-21(27)29-22(2,3)4/h7-11,17,19H,6,12-16H2,1-5H3,(H,23,24)(H,25,27). The van der Waals surface area contributed by atoms with Crippen LogP contribution in [0.2, 0.25) is 0 Å². The van der Waals surface area contributed by atoms with Gasteiger partial charge in [-0.05, 0) is 39.7 Å². The number of aliphatic imine (C=N–C) groups is 1. The molecule has 1 aliphatic heterocycles. The molecule has 2 rings (SSSR count). The number of hydrogen-bond acceptors (Lipinski definition) is 4. The number of guanidine groups is 1. The van der Waals surface area contributed by atoms with Gasteiger partial charge in [-0.2, -0.15) is 0 Å². The highest BCUT2D eigenvalue weighted by Crippen LogP contribution is 2.18. The summed E-state index contributed by atoms with van der Waals surface area (Å²) < 4.78 is 10.8. The van der Waals surface area contributed by atoms with Crippen LogP contribution in [0.15, 0.2) is 35.3 Å². The van der Waals surface area contributed by atoms with Crippen molar-refractivity contribution in [3.63, 3.8) is 0 Å². The van der Waals surface area contributed by atoms with E-state index in [0.717, 1.165) is 44.2 Å². The van der Waals surface area contributed by atoms with E-state index in [1.54, 1.807) is 7.11 Å². The molecule has 1 heterocycles. The third-order valence-electron chi connectivity index (χ3n) is 4.64. The summed E-state index contributed by atoms with van der Waals surface area (Å²) >= 11 is 0. The van der Waals surface area contributed by atoms with E-state index in [4.69, 9.17) is 14.5 Å². The number of nitrogens with zero attached hydrogens (tertiary/aromatic N) is 2. The first kappa shape index (κ1) is 23.0. The monoisotopic (exact) mass is 404 g/mol. The predicted molar refractivity (Wildman–Crippen MR) is 116 cm³/mol. The molecular weight excluding hydrogens is 368 g/mol. The van der Waals surface area contributed by atoms with Crippen LogP contribution in [-0.4, -0.2) is 62.4 Å². The van der Waals surface area contributed by atoms with Crippen LogP contribution in [0.4, 0.5) is 4.79 Å². The molecule has 2 unspecified atom stereocenters. The number of carbonyl (C=O) groups excluding carboxylic acids is 1. The SMILES string of the molecule is CCNC(=NCC(NC(=O)OC(C)(C)C)c1ccccc1)N1CCC(COC)C1. The summed E-state index contributed by atoms with van der Waals surface area (Å²) in [5.74, 6) is 1.40. The Morgan fingerprint density at radius 2 is 2.03 bits per heavy atom. The fraction of sp³-hybridized carbons (Fsp3) is 0.636. The van der Waals surface area contributed by atoms with Gasteiger partial charge in [0.25, 0.3) is 0 Å². The lowest BCUT2D eigenvalue weighted by atomic mass is 10.1. The summed E-state index contributed by atoms with van der Waals surface area (Å²) in [5, 5.41) is 6.35. The first-order valence-electron chi connectivity index (χ1n) is 10.4. The Kier molecular flexibility index (Phi) is 8.76. The molecule has 2 atom stereocenters. The first-order chi connectivity index (χ1) is 13.8. The van der Waals surface area contributed by atoms with Crippen molar-refractivity contribution >= 4 is 12.1 Å². The summed E-state index contributed by atoms with van der Waals surface area (Å²) in [6, 6.07) is 9.61. The molecule has 7 heteroatoms. The van der Waals surface area contributed by atoms with Crippen LogP contribution in [-0.2, 0) is 9.47 Å². The molecule has 7 nitrogen and oxygen atoms in total. The number of amides is 1. The van der Waals surface area contributed by atoms with Gasteiger partial charge in [0.2, 0.25) is 0 Å². The molecule has 162 valence electrons. The highest BCUT2D eigenvalue weighted by Gasteiger charge is 2.25. The topological polar surface area (TPSA) is 75.2 Å². The molecule has 1 aromatic rings. The van der Waals surface area contributed by atoms with Crippen LogP contribution in [0.3, 0.4) is 0 Å². The Balaban J connectivity index is 2.12. The number of likely N-dealkylation sites (tertiary alicyclic amines) is 1. The quantitative estimate of drug-likeness (QED) is 0.539. The van der Waals surface area contributed by atoms with Crippen molar-refractivity contribution < 1.29 is 14.3 Å². The van der Waals surface area contributed by atoms with Gasteiger partial charge in [-0.1, -0.05) is 30.3 Å². The molecule has 1 saturated heterocycles. The number of nitrogens with one attached hydrogen (secondary N) is 2. The summed E-state index contributed by atoms with van der Waals surface area (Å²) in [5.41, 5.74) is 0.451. The minimum atomic E-state index is -0.546. The first-order valence-corrected chi connectivity index (χ1v) is 10.4. The molecule has 1 fully saturated rings. The van der Waals surface area contributed by atoms with Crippen LogP contribution in [0, 0.1) is 5.92 Å². The lowest BCUT2D eigenvalue weighted by Crippen LogP contribution is -2.41. The number of methoxy groups -OCH3 is 1. The van der Waals surface area contributed by atoms with E-state index in [1.165, 1.54) is 0 Å². The fourth-order valence-electron chi connectivity index (χ4n) is 3.37. The highest BCUT2D eigenvalue weighted by atomic mass is 16.6. The van der Waals surface area contributed by atoms with Crippen molar-refractivity contribution in [3.8, 4) is 0 Å². The van der Waals surface area contributed by atoms with E-state index in [-0.39, 0.29) is 6.04 Å². The molecule has 0 aromatic heterocycles. The number of hydrogen-bond donors (Lipinski definition) is 2. The second kappa shape index (κ2) is 11.0. The molecule has 0 radical (unpaired) electrons. The molecule has 2 N–H and O–H groups in total. The van der Waals surface area contributed by atoms with Crippen molar-refractivity contribution in [1.82, 2.24) is 15.5 Å². The van der Waals surface area contributed by atoms with Crippen LogP contribution < -0.4 is 10.6 Å². The number of benzene rings is 1. The zero-order valence-electron chi connectivity index (χ0n) is 18.4. The summed E-state index contributed by atoms with van der Waals surface area (Å²) in [4.78, 5) is 19.5. The molecular formula is C22H36N4O3. The van der Waals surface area contributed by atoms with Crippen molar-refractivity contribution in [2.45, 2.75) is 45.8 Å². The van der Waals surface area contributed by atoms with E-state index in [9.17, 15) is 4.79 Å². The zero-order valence-corrected chi connectivity index (χ0v) is 18.4. The van der Waals surface area contributed by atoms with E-state index < -0.39 is 11.7 Å². The van der Waals surface area contributed by atoms with Gasteiger partial charge >= 0.3 is 6.09 Å². The average Bonchev–Trinajstić information content (AvgIpc) is 3.12. The molecule has 1 amide bonds. The minimum absolute atomic E-state index is 0.267. The van der Waals surface area contributed by atoms with Crippen molar-refractivity contribution in [1.29, 1.82) is 0 Å². The lowest BCUT2D eigenvalue weighted by molar-refractivity contribution is 0.0505. The Bertz CT molecular complexity index is 658. The molecule has 0 spiro atoms. The smallest absolute Gasteiger partial charge is 0.408 e. The van der Waals surface area contributed by atoms with Gasteiger partial charge < -0.3 is 25.0 Å². The third-order valence-corrected chi connectivity index (χ3v) is 4.64. The maximum atomic E-state index is 12.4. The van der Waals surface area contributed by atoms with E-state index in [1.807, 2.05) is 51.1 Å². The van der Waals surface area contributed by atoms with Crippen LogP contribution in [0.1, 0.15) is 45.7 Å². The summed E-state index contributed by atoms with van der Waals surface area (Å²) in [7, 11) is 1.74. The molecule has 0 aliphatic carbocycles. The van der Waals surface area contributed by atoms with Crippen LogP contribution in [0.25, 0.3) is 0 Å². The molecule has 1 aliphatic rings. The van der Waals surface area contributed by atoms with E-state index in [0.29, 0.717) is 12.5 Å². The zero-order chi connectivity index (χ0) is 21.3. The van der Waals surface area contributed by atoms with Gasteiger partial charge in [0.05, 0.1) is 19.2 Å². The number of ether oxygens (including phenoxy) is 2. The van der Waals surface area contributed by atoms with Gasteiger partial charge in [0.15, 0.2) is 5.96 Å². The Hall–Kier alpha value is -2.28. The van der Waals surface area contributed by atoms with E-state index >= 15 is 0 Å². The second-order valence-electron chi connectivity index (χ2n) is 8.36.